The van der Waals surface area contributed by atoms with Crippen LogP contribution in [0.15, 0.2) is 66.8 Å². The zero-order valence-corrected chi connectivity index (χ0v) is 27.2. The molecule has 0 fully saturated rings. The van der Waals surface area contributed by atoms with E-state index in [4.69, 9.17) is 11.6 Å². The van der Waals surface area contributed by atoms with Crippen LogP contribution in [0.2, 0.25) is 0 Å². The molecule has 0 saturated heterocycles. The minimum Gasteiger partial charge on any atom is -0.302 e. The van der Waals surface area contributed by atoms with Crippen molar-refractivity contribution in [2.24, 2.45) is 0 Å². The number of aryl methyl sites for hydroxylation is 4. The number of ketones is 3. The van der Waals surface area contributed by atoms with Crippen LogP contribution >= 0.6 is 18.7 Å². The van der Waals surface area contributed by atoms with E-state index < -0.39 is 35.0 Å². The lowest BCUT2D eigenvalue weighted by Gasteiger charge is -2.23. The summed E-state index contributed by atoms with van der Waals surface area (Å²) in [5.41, 5.74) is 0.629. The Hall–Kier alpha value is -4.32. The van der Waals surface area contributed by atoms with Crippen LogP contribution in [0.5, 0.6) is 0 Å². The maximum Gasteiger partial charge on any atom is 0.248 e. The van der Waals surface area contributed by atoms with Crippen LogP contribution in [0.3, 0.4) is 0 Å². The molecule has 3 aromatic rings. The largest absolute Gasteiger partial charge is 0.302 e. The molecule has 3 aromatic carbocycles. The molecule has 1 unspecified atom stereocenters. The van der Waals surface area contributed by atoms with E-state index in [1.807, 2.05) is 0 Å². The summed E-state index contributed by atoms with van der Waals surface area (Å²) in [5, 5.41) is -0.853. The summed E-state index contributed by atoms with van der Waals surface area (Å²) in [6.45, 7) is 11.0. The van der Waals surface area contributed by atoms with Crippen LogP contribution in [0.25, 0.3) is 0 Å². The van der Waals surface area contributed by atoms with Gasteiger partial charge in [0.25, 0.3) is 0 Å². The third-order valence-electron chi connectivity index (χ3n) is 7.39. The molecule has 0 amide bonds. The van der Waals surface area contributed by atoms with Gasteiger partial charge in [0.15, 0.2) is 17.3 Å². The number of halogens is 1. The van der Waals surface area contributed by atoms with Gasteiger partial charge in [-0.2, -0.15) is 0 Å². The lowest BCUT2D eigenvalue weighted by atomic mass is 9.91. The molecule has 226 valence electrons. The molecule has 0 bridgehead atoms. The molecule has 0 heterocycles. The molecular weight excluding hydrogens is 599 g/mol. The van der Waals surface area contributed by atoms with Crippen molar-refractivity contribution in [3.05, 3.63) is 122 Å². The normalized spacial score (nSPS) is 12.7. The van der Waals surface area contributed by atoms with Gasteiger partial charge >= 0.3 is 0 Å². The molecular formula is C35H32ClO7P. The molecule has 7 nitrogen and oxygen atoms in total. The average molecular weight is 631 g/mol. The minimum atomic E-state index is -4.66. The zero-order chi connectivity index (χ0) is 33.1. The predicted molar refractivity (Wildman–Crippen MR) is 172 cm³/mol. The number of rotatable bonds is 11. The van der Waals surface area contributed by atoms with E-state index >= 15 is 4.57 Å². The molecule has 44 heavy (non-hydrogen) atoms. The molecule has 0 aliphatic carbocycles. The smallest absolute Gasteiger partial charge is 0.248 e. The molecule has 0 spiro atoms. The van der Waals surface area contributed by atoms with Crippen molar-refractivity contribution >= 4 is 57.7 Å². The quantitative estimate of drug-likeness (QED) is 0.0964. The Bertz CT molecular complexity index is 1750. The third kappa shape index (κ3) is 6.59. The van der Waals surface area contributed by atoms with E-state index in [0.29, 0.717) is 22.3 Å². The van der Waals surface area contributed by atoms with Crippen molar-refractivity contribution in [2.45, 2.75) is 48.5 Å². The highest BCUT2D eigenvalue weighted by molar-refractivity contribution is 8.01. The summed E-state index contributed by atoms with van der Waals surface area (Å²) >= 11 is 5.37. The second-order valence-corrected chi connectivity index (χ2v) is 13.6. The summed E-state index contributed by atoms with van der Waals surface area (Å²) in [5.74, 6) is -1.43. The fourth-order valence-corrected chi connectivity index (χ4v) is 8.19. The van der Waals surface area contributed by atoms with Crippen LogP contribution in [-0.2, 0) is 14.2 Å². The Morgan fingerprint density at radius 3 is 1.36 bits per heavy atom. The van der Waals surface area contributed by atoms with Crippen molar-refractivity contribution in [3.63, 3.8) is 0 Å². The number of hydrogen-bond donors (Lipinski definition) is 0. The van der Waals surface area contributed by atoms with Crippen molar-refractivity contribution in [2.75, 3.05) is 0 Å². The van der Waals surface area contributed by atoms with Gasteiger partial charge in [-0.25, -0.2) is 0 Å². The highest BCUT2D eigenvalue weighted by Gasteiger charge is 2.45. The SMILES string of the molecule is CC(=O)/C=C\C(=O)c1c(C)cc(C)c(C(=O)P(=O)(C(=O)c2c(C)cc(C)c(C(=O)/C=C\C(=O)Cl)c2C)c2ccccc2)c1C. The Morgan fingerprint density at radius 1 is 0.591 bits per heavy atom. The van der Waals surface area contributed by atoms with Gasteiger partial charge in [0.2, 0.25) is 23.4 Å². The maximum atomic E-state index is 15.2. The molecule has 0 N–H and O–H groups in total. The standard InChI is InChI=1S/C35H32ClO7P/c1-19-17-21(3)32(24(6)30(19)27(38)14-13-23(5)37)34(41)44(43,26-11-9-8-10-12-26)35(42)33-22(4)18-20(2)31(25(33)7)28(39)15-16-29(36)40/h8-18H,1-7H3/b14-13-,16-15-. The number of benzene rings is 3. The minimum absolute atomic E-state index is 0.00129. The number of hydrogen-bond acceptors (Lipinski definition) is 7. The Labute approximate surface area is 261 Å². The van der Waals surface area contributed by atoms with E-state index in [1.165, 1.54) is 26.0 Å². The lowest BCUT2D eigenvalue weighted by molar-refractivity contribution is -0.112. The highest BCUT2D eigenvalue weighted by Crippen LogP contribution is 2.53. The number of carbonyl (C=O) groups excluding carboxylic acids is 6. The molecule has 0 aliphatic rings. The lowest BCUT2D eigenvalue weighted by Crippen LogP contribution is -2.24. The van der Waals surface area contributed by atoms with Gasteiger partial charge in [-0.1, -0.05) is 42.5 Å². The van der Waals surface area contributed by atoms with E-state index in [-0.39, 0.29) is 44.5 Å². The highest BCUT2D eigenvalue weighted by atomic mass is 35.5. The fraction of sp³-hybridized carbons (Fsp3) is 0.200. The summed E-state index contributed by atoms with van der Waals surface area (Å²) in [6, 6.07) is 10.9. The van der Waals surface area contributed by atoms with Gasteiger partial charge in [-0.05, 0) is 112 Å². The van der Waals surface area contributed by atoms with Crippen LogP contribution in [0.4, 0.5) is 0 Å². The van der Waals surface area contributed by atoms with Gasteiger partial charge < -0.3 is 4.57 Å². The predicted octanol–water partition coefficient (Wildman–Crippen LogP) is 7.04. The number of allylic oxidation sites excluding steroid dienone is 4. The van der Waals surface area contributed by atoms with Crippen molar-refractivity contribution in [1.29, 1.82) is 0 Å². The molecule has 3 rings (SSSR count). The van der Waals surface area contributed by atoms with Crippen LogP contribution in [-0.4, -0.2) is 33.6 Å². The van der Waals surface area contributed by atoms with Crippen LogP contribution in [0, 0.1) is 41.5 Å². The molecule has 0 aromatic heterocycles. The monoisotopic (exact) mass is 630 g/mol. The van der Waals surface area contributed by atoms with E-state index in [1.54, 1.807) is 65.0 Å². The van der Waals surface area contributed by atoms with E-state index in [9.17, 15) is 28.8 Å². The van der Waals surface area contributed by atoms with Gasteiger partial charge in [0, 0.05) is 33.6 Å². The zero-order valence-electron chi connectivity index (χ0n) is 25.5. The summed E-state index contributed by atoms with van der Waals surface area (Å²) in [7, 11) is -4.66. The number of carbonyl (C=O) groups is 6. The van der Waals surface area contributed by atoms with Gasteiger partial charge in [-0.15, -0.1) is 0 Å². The van der Waals surface area contributed by atoms with Crippen molar-refractivity contribution in [1.82, 2.24) is 0 Å². The summed E-state index contributed by atoms with van der Waals surface area (Å²) in [4.78, 5) is 78.0. The molecule has 1 atom stereocenters. The molecule has 0 aliphatic heterocycles. The Morgan fingerprint density at radius 2 is 0.977 bits per heavy atom. The van der Waals surface area contributed by atoms with Gasteiger partial charge in [-0.3, -0.25) is 28.8 Å². The average Bonchev–Trinajstić information content (AvgIpc) is 2.94. The third-order valence-corrected chi connectivity index (χ3v) is 10.1. The second-order valence-electron chi connectivity index (χ2n) is 10.6. The maximum absolute atomic E-state index is 15.2. The molecule has 0 saturated carbocycles. The van der Waals surface area contributed by atoms with Crippen LogP contribution in [0.1, 0.15) is 81.7 Å². The summed E-state index contributed by atoms with van der Waals surface area (Å²) in [6.07, 6.45) is 4.14. The van der Waals surface area contributed by atoms with Crippen LogP contribution < -0.4 is 5.30 Å². The summed E-state index contributed by atoms with van der Waals surface area (Å²) < 4.78 is 15.2. The second kappa shape index (κ2) is 13.5. The van der Waals surface area contributed by atoms with E-state index in [0.717, 1.165) is 24.3 Å². The first-order chi connectivity index (χ1) is 20.5. The van der Waals surface area contributed by atoms with E-state index in [2.05, 4.69) is 0 Å². The Balaban J connectivity index is 2.36. The van der Waals surface area contributed by atoms with Gasteiger partial charge in [0.05, 0.1) is 0 Å². The Kier molecular flexibility index (Phi) is 10.5. The van der Waals surface area contributed by atoms with Crippen molar-refractivity contribution in [3.8, 4) is 0 Å². The molecule has 0 radical (unpaired) electrons. The fourth-order valence-electron chi connectivity index (χ4n) is 5.57. The first-order valence-corrected chi connectivity index (χ1v) is 15.7. The first kappa shape index (κ1) is 34.2. The molecule has 9 heteroatoms. The van der Waals surface area contributed by atoms with Gasteiger partial charge in [0.1, 0.15) is 0 Å². The topological polar surface area (TPSA) is 119 Å². The van der Waals surface area contributed by atoms with Crippen molar-refractivity contribution < 1.29 is 33.3 Å². The first-order valence-electron chi connectivity index (χ1n) is 13.7.